The Labute approximate surface area is 101 Å². The molecule has 1 N–H and O–H groups in total. The molecule has 15 heavy (non-hydrogen) atoms. The van der Waals surface area contributed by atoms with Gasteiger partial charge in [-0.1, -0.05) is 27.5 Å². The van der Waals surface area contributed by atoms with E-state index >= 15 is 0 Å². The van der Waals surface area contributed by atoms with E-state index in [4.69, 9.17) is 21.4 Å². The van der Waals surface area contributed by atoms with Crippen molar-refractivity contribution in [3.8, 4) is 5.75 Å². The summed E-state index contributed by atoms with van der Waals surface area (Å²) in [5.74, 6) is -0.280. The highest BCUT2D eigenvalue weighted by Gasteiger charge is 2.12. The maximum Gasteiger partial charge on any atom is 0.307 e. The first kappa shape index (κ1) is 12.3. The zero-order valence-corrected chi connectivity index (χ0v) is 10.4. The van der Waals surface area contributed by atoms with Crippen molar-refractivity contribution < 1.29 is 14.6 Å². The number of hydrogen-bond acceptors (Lipinski definition) is 2. The van der Waals surface area contributed by atoms with Gasteiger partial charge in [0.2, 0.25) is 0 Å². The molecule has 0 aliphatic heterocycles. The Kier molecular flexibility index (Phi) is 4.42. The SMILES string of the molecule is COc1cc(Cl)cc(CC(=O)O)c1CBr. The minimum atomic E-state index is -0.887. The second-order valence-electron chi connectivity index (χ2n) is 2.95. The number of carbonyl (C=O) groups is 1. The normalized spacial score (nSPS) is 10.1. The Morgan fingerprint density at radius 2 is 2.27 bits per heavy atom. The van der Waals surface area contributed by atoms with E-state index in [2.05, 4.69) is 15.9 Å². The lowest BCUT2D eigenvalue weighted by Crippen LogP contribution is -2.04. The van der Waals surface area contributed by atoms with Crippen LogP contribution in [0.2, 0.25) is 5.02 Å². The smallest absolute Gasteiger partial charge is 0.307 e. The monoisotopic (exact) mass is 292 g/mol. The Bertz CT molecular complexity index is 379. The van der Waals surface area contributed by atoms with Crippen molar-refractivity contribution in [2.45, 2.75) is 11.8 Å². The molecule has 0 amide bonds. The first-order valence-electron chi connectivity index (χ1n) is 4.21. The summed E-state index contributed by atoms with van der Waals surface area (Å²) >= 11 is 9.15. The summed E-state index contributed by atoms with van der Waals surface area (Å²) in [6.07, 6.45) is -0.0577. The summed E-state index contributed by atoms with van der Waals surface area (Å²) in [4.78, 5) is 10.6. The molecular formula is C10H10BrClO3. The zero-order chi connectivity index (χ0) is 11.4. The van der Waals surface area contributed by atoms with Gasteiger partial charge in [-0.15, -0.1) is 0 Å². The first-order chi connectivity index (χ1) is 7.08. The van der Waals surface area contributed by atoms with Crippen molar-refractivity contribution in [2.24, 2.45) is 0 Å². The molecule has 1 aromatic rings. The number of aliphatic carboxylic acids is 1. The molecule has 0 saturated heterocycles. The number of hydrogen-bond donors (Lipinski definition) is 1. The van der Waals surface area contributed by atoms with Gasteiger partial charge in [-0.05, 0) is 17.7 Å². The molecule has 0 atom stereocenters. The standard InChI is InChI=1S/C10H10BrClO3/c1-15-9-4-7(12)2-6(3-10(13)14)8(9)5-11/h2,4H,3,5H2,1H3,(H,13,14). The second-order valence-corrected chi connectivity index (χ2v) is 3.95. The van der Waals surface area contributed by atoms with Crippen LogP contribution in [0.5, 0.6) is 5.75 Å². The quantitative estimate of drug-likeness (QED) is 0.868. The average Bonchev–Trinajstić information content (AvgIpc) is 2.15. The van der Waals surface area contributed by atoms with Gasteiger partial charge in [-0.25, -0.2) is 0 Å². The number of halogens is 2. The van der Waals surface area contributed by atoms with Crippen LogP contribution in [-0.2, 0) is 16.5 Å². The third-order valence-electron chi connectivity index (χ3n) is 1.96. The number of benzene rings is 1. The summed E-state index contributed by atoms with van der Waals surface area (Å²) in [6.45, 7) is 0. The van der Waals surface area contributed by atoms with Crippen LogP contribution in [0.4, 0.5) is 0 Å². The van der Waals surface area contributed by atoms with Gasteiger partial charge in [-0.2, -0.15) is 0 Å². The Hall–Kier alpha value is -0.740. The van der Waals surface area contributed by atoms with E-state index in [1.807, 2.05) is 0 Å². The van der Waals surface area contributed by atoms with E-state index in [1.54, 1.807) is 12.1 Å². The average molecular weight is 294 g/mol. The molecule has 0 aromatic heterocycles. The summed E-state index contributed by atoms with van der Waals surface area (Å²) in [5.41, 5.74) is 1.49. The number of carboxylic acids is 1. The molecule has 0 saturated carbocycles. The summed E-state index contributed by atoms with van der Waals surface area (Å²) in [7, 11) is 1.53. The van der Waals surface area contributed by atoms with Crippen LogP contribution in [0, 0.1) is 0 Å². The minimum Gasteiger partial charge on any atom is -0.496 e. The summed E-state index contributed by atoms with van der Waals surface area (Å²) in [6, 6.07) is 3.32. The molecule has 0 bridgehead atoms. The maximum absolute atomic E-state index is 10.6. The molecule has 1 aromatic carbocycles. The predicted molar refractivity (Wildman–Crippen MR) is 62.0 cm³/mol. The molecule has 0 aliphatic rings. The topological polar surface area (TPSA) is 46.5 Å². The first-order valence-corrected chi connectivity index (χ1v) is 5.71. The van der Waals surface area contributed by atoms with Gasteiger partial charge in [0, 0.05) is 15.9 Å². The van der Waals surface area contributed by atoms with E-state index in [-0.39, 0.29) is 6.42 Å². The highest BCUT2D eigenvalue weighted by Crippen LogP contribution is 2.29. The number of carboxylic acid groups (broad SMARTS) is 1. The Morgan fingerprint density at radius 3 is 2.73 bits per heavy atom. The molecule has 3 nitrogen and oxygen atoms in total. The van der Waals surface area contributed by atoms with Crippen molar-refractivity contribution >= 4 is 33.5 Å². The van der Waals surface area contributed by atoms with E-state index < -0.39 is 5.97 Å². The van der Waals surface area contributed by atoms with Crippen LogP contribution < -0.4 is 4.74 Å². The molecule has 1 rings (SSSR count). The van der Waals surface area contributed by atoms with Crippen LogP contribution in [0.1, 0.15) is 11.1 Å². The number of alkyl halides is 1. The molecule has 0 heterocycles. The number of rotatable bonds is 4. The molecule has 0 spiro atoms. The summed E-state index contributed by atoms with van der Waals surface area (Å²) < 4.78 is 5.13. The maximum atomic E-state index is 10.6. The lowest BCUT2D eigenvalue weighted by molar-refractivity contribution is -0.136. The largest absolute Gasteiger partial charge is 0.496 e. The van der Waals surface area contributed by atoms with E-state index in [0.29, 0.717) is 21.7 Å². The zero-order valence-electron chi connectivity index (χ0n) is 8.09. The molecule has 0 fully saturated rings. The lowest BCUT2D eigenvalue weighted by Gasteiger charge is -2.11. The highest BCUT2D eigenvalue weighted by atomic mass is 79.9. The molecule has 0 aliphatic carbocycles. The third kappa shape index (κ3) is 3.11. The predicted octanol–water partition coefficient (Wildman–Crippen LogP) is 2.87. The Morgan fingerprint density at radius 1 is 1.60 bits per heavy atom. The van der Waals surface area contributed by atoms with Gasteiger partial charge < -0.3 is 9.84 Å². The van der Waals surface area contributed by atoms with E-state index in [9.17, 15) is 4.79 Å². The van der Waals surface area contributed by atoms with Crippen LogP contribution in [0.15, 0.2) is 12.1 Å². The molecule has 82 valence electrons. The Balaban J connectivity index is 3.22. The number of methoxy groups -OCH3 is 1. The van der Waals surface area contributed by atoms with Gasteiger partial charge >= 0.3 is 5.97 Å². The third-order valence-corrected chi connectivity index (χ3v) is 2.74. The van der Waals surface area contributed by atoms with Crippen LogP contribution >= 0.6 is 27.5 Å². The van der Waals surface area contributed by atoms with Gasteiger partial charge in [0.1, 0.15) is 5.75 Å². The highest BCUT2D eigenvalue weighted by molar-refractivity contribution is 9.08. The lowest BCUT2D eigenvalue weighted by atomic mass is 10.0. The molecule has 5 heteroatoms. The molecule has 0 unspecified atom stereocenters. The van der Waals surface area contributed by atoms with E-state index in [0.717, 1.165) is 5.56 Å². The van der Waals surface area contributed by atoms with Crippen molar-refractivity contribution in [1.82, 2.24) is 0 Å². The fourth-order valence-corrected chi connectivity index (χ4v) is 2.19. The molecular weight excluding hydrogens is 283 g/mol. The van der Waals surface area contributed by atoms with Crippen LogP contribution in [0.3, 0.4) is 0 Å². The minimum absolute atomic E-state index is 0.0577. The number of ether oxygens (including phenoxy) is 1. The van der Waals surface area contributed by atoms with Crippen molar-refractivity contribution in [1.29, 1.82) is 0 Å². The molecule has 0 radical (unpaired) electrons. The van der Waals surface area contributed by atoms with E-state index in [1.165, 1.54) is 7.11 Å². The van der Waals surface area contributed by atoms with Gasteiger partial charge in [0.05, 0.1) is 13.5 Å². The second kappa shape index (κ2) is 5.37. The van der Waals surface area contributed by atoms with Gasteiger partial charge in [0.25, 0.3) is 0 Å². The van der Waals surface area contributed by atoms with Crippen molar-refractivity contribution in [3.63, 3.8) is 0 Å². The van der Waals surface area contributed by atoms with Gasteiger partial charge in [-0.3, -0.25) is 4.79 Å². The van der Waals surface area contributed by atoms with Crippen LogP contribution in [-0.4, -0.2) is 18.2 Å². The fourth-order valence-electron chi connectivity index (χ4n) is 1.32. The van der Waals surface area contributed by atoms with Gasteiger partial charge in [0.15, 0.2) is 0 Å². The summed E-state index contributed by atoms with van der Waals surface area (Å²) in [5, 5.41) is 9.76. The van der Waals surface area contributed by atoms with Crippen LogP contribution in [0.25, 0.3) is 0 Å². The van der Waals surface area contributed by atoms with Crippen molar-refractivity contribution in [2.75, 3.05) is 7.11 Å². The van der Waals surface area contributed by atoms with Crippen molar-refractivity contribution in [3.05, 3.63) is 28.3 Å². The fraction of sp³-hybridized carbons (Fsp3) is 0.300.